The van der Waals surface area contributed by atoms with Gasteiger partial charge in [0.25, 0.3) is 0 Å². The second-order valence-electron chi connectivity index (χ2n) is 6.10. The normalized spacial score (nSPS) is 12.0. The van der Waals surface area contributed by atoms with Crippen LogP contribution in [0.4, 0.5) is 5.69 Å². The van der Waals surface area contributed by atoms with Crippen LogP contribution in [0.15, 0.2) is 54.6 Å². The van der Waals surface area contributed by atoms with E-state index in [-0.39, 0.29) is 5.75 Å². The Morgan fingerprint density at radius 2 is 1.50 bits per heavy atom. The molecule has 0 unspecified atom stereocenters. The summed E-state index contributed by atoms with van der Waals surface area (Å²) in [7, 11) is -0.446. The molecule has 0 aliphatic rings. The van der Waals surface area contributed by atoms with Crippen LogP contribution in [0.3, 0.4) is 0 Å². The summed E-state index contributed by atoms with van der Waals surface area (Å²) in [5.41, 5.74) is -0.175. The van der Waals surface area contributed by atoms with E-state index in [0.717, 1.165) is 5.75 Å². The lowest BCUT2D eigenvalue weighted by molar-refractivity contribution is 0.0425. The fourth-order valence-electron chi connectivity index (χ4n) is 2.10. The molecule has 5 nitrogen and oxygen atoms in total. The zero-order chi connectivity index (χ0) is 17.8. The Balaban J connectivity index is 2.12. The third-order valence-corrected chi connectivity index (χ3v) is 5.78. The second-order valence-corrected chi connectivity index (χ2v) is 8.10. The van der Waals surface area contributed by atoms with E-state index < -0.39 is 15.6 Å². The molecule has 130 valence electrons. The van der Waals surface area contributed by atoms with Crippen LogP contribution < -0.4 is 9.04 Å². The second kappa shape index (κ2) is 7.23. The molecule has 0 saturated carbocycles. The number of anilines is 1. The monoisotopic (exact) mass is 349 g/mol. The number of methoxy groups -OCH3 is 1. The summed E-state index contributed by atoms with van der Waals surface area (Å²) in [6.45, 7) is 3.49. The molecule has 0 radical (unpaired) electrons. The quantitative estimate of drug-likeness (QED) is 0.765. The number of benzene rings is 2. The van der Waals surface area contributed by atoms with E-state index in [1.165, 1.54) is 18.5 Å². The molecular formula is C18H23NO4S. The van der Waals surface area contributed by atoms with Gasteiger partial charge in [-0.05, 0) is 50.2 Å². The minimum atomic E-state index is -3.49. The topological polar surface area (TPSA) is 55.8 Å². The van der Waals surface area contributed by atoms with Gasteiger partial charge in [-0.3, -0.25) is 4.31 Å². The third kappa shape index (κ3) is 4.72. The van der Waals surface area contributed by atoms with Gasteiger partial charge in [-0.2, -0.15) is 0 Å². The van der Waals surface area contributed by atoms with E-state index in [1.807, 2.05) is 30.3 Å². The van der Waals surface area contributed by atoms with E-state index in [4.69, 9.17) is 9.47 Å². The van der Waals surface area contributed by atoms with Gasteiger partial charge in [0.2, 0.25) is 10.0 Å². The Hall–Kier alpha value is -2.05. The average molecular weight is 349 g/mol. The fourth-order valence-corrected chi connectivity index (χ4v) is 3.74. The molecule has 0 bridgehead atoms. The number of rotatable bonds is 7. The summed E-state index contributed by atoms with van der Waals surface area (Å²) in [6.07, 6.45) is 0. The van der Waals surface area contributed by atoms with Gasteiger partial charge in [0.1, 0.15) is 11.5 Å². The van der Waals surface area contributed by atoms with E-state index in [1.54, 1.807) is 38.1 Å². The molecule has 0 N–H and O–H groups in total. The molecular weight excluding hydrogens is 326 g/mol. The molecule has 6 heteroatoms. The van der Waals surface area contributed by atoms with Crippen molar-refractivity contribution in [2.75, 3.05) is 24.2 Å². The molecule has 2 aromatic rings. The van der Waals surface area contributed by atoms with Crippen LogP contribution in [0.5, 0.6) is 11.5 Å². The van der Waals surface area contributed by atoms with Crippen molar-refractivity contribution in [1.29, 1.82) is 0 Å². The van der Waals surface area contributed by atoms with Gasteiger partial charge in [-0.1, -0.05) is 18.2 Å². The van der Waals surface area contributed by atoms with Gasteiger partial charge in [0.15, 0.2) is 0 Å². The highest BCUT2D eigenvalue weighted by atomic mass is 32.2. The molecule has 2 rings (SSSR count). The summed E-state index contributed by atoms with van der Waals surface area (Å²) in [6, 6.07) is 16.3. The van der Waals surface area contributed by atoms with Crippen molar-refractivity contribution >= 4 is 15.7 Å². The van der Waals surface area contributed by atoms with Crippen molar-refractivity contribution in [2.24, 2.45) is 0 Å². The molecule has 0 amide bonds. The molecule has 0 heterocycles. The first kappa shape index (κ1) is 18.3. The fraction of sp³-hybridized carbons (Fsp3) is 0.333. The van der Waals surface area contributed by atoms with Gasteiger partial charge < -0.3 is 9.47 Å². The van der Waals surface area contributed by atoms with Crippen molar-refractivity contribution in [3.05, 3.63) is 54.6 Å². The van der Waals surface area contributed by atoms with Crippen molar-refractivity contribution in [3.63, 3.8) is 0 Å². The van der Waals surface area contributed by atoms with E-state index in [2.05, 4.69) is 0 Å². The molecule has 2 aromatic carbocycles. The van der Waals surface area contributed by atoms with Crippen molar-refractivity contribution in [3.8, 4) is 11.5 Å². The number of hydrogen-bond donors (Lipinski definition) is 0. The Bertz CT molecular complexity index is 755. The highest BCUT2D eigenvalue weighted by Gasteiger charge is 2.29. The molecule has 0 saturated heterocycles. The molecule has 0 atom stereocenters. The lowest BCUT2D eigenvalue weighted by Gasteiger charge is -2.27. The van der Waals surface area contributed by atoms with Crippen LogP contribution >= 0.6 is 0 Å². The first-order valence-corrected chi connectivity index (χ1v) is 9.19. The maximum atomic E-state index is 12.5. The van der Waals surface area contributed by atoms with E-state index >= 15 is 0 Å². The summed E-state index contributed by atoms with van der Waals surface area (Å²) in [5.74, 6) is 1.27. The zero-order valence-corrected chi connectivity index (χ0v) is 15.2. The zero-order valence-electron chi connectivity index (χ0n) is 14.4. The van der Waals surface area contributed by atoms with Crippen LogP contribution in [-0.4, -0.2) is 33.9 Å². The summed E-state index contributed by atoms with van der Waals surface area (Å²) in [4.78, 5) is 0. The standard InChI is InChI=1S/C18H23NO4S/c1-18(2,22-4)14-24(20,21)19(3)15-10-12-17(13-11-15)23-16-8-6-5-7-9-16/h5-13H,14H2,1-4H3. The van der Waals surface area contributed by atoms with Crippen LogP contribution in [0.1, 0.15) is 13.8 Å². The Morgan fingerprint density at radius 3 is 2.04 bits per heavy atom. The number of para-hydroxylation sites is 1. The van der Waals surface area contributed by atoms with Crippen LogP contribution in [0.2, 0.25) is 0 Å². The minimum Gasteiger partial charge on any atom is -0.457 e. The smallest absolute Gasteiger partial charge is 0.237 e. The first-order valence-electron chi connectivity index (χ1n) is 7.58. The van der Waals surface area contributed by atoms with E-state index in [9.17, 15) is 8.42 Å². The Labute approximate surface area is 143 Å². The molecule has 0 fully saturated rings. The number of nitrogens with zero attached hydrogens (tertiary/aromatic N) is 1. The largest absolute Gasteiger partial charge is 0.457 e. The maximum absolute atomic E-state index is 12.5. The molecule has 0 aliphatic heterocycles. The lowest BCUT2D eigenvalue weighted by Crippen LogP contribution is -2.39. The van der Waals surface area contributed by atoms with Crippen LogP contribution in [-0.2, 0) is 14.8 Å². The lowest BCUT2D eigenvalue weighted by atomic mass is 10.2. The molecule has 0 aliphatic carbocycles. The average Bonchev–Trinajstić information content (AvgIpc) is 2.55. The van der Waals surface area contributed by atoms with Crippen molar-refractivity contribution in [1.82, 2.24) is 0 Å². The predicted octanol–water partition coefficient (Wildman–Crippen LogP) is 3.67. The van der Waals surface area contributed by atoms with Gasteiger partial charge in [0.05, 0.1) is 17.0 Å². The van der Waals surface area contributed by atoms with Crippen LogP contribution in [0.25, 0.3) is 0 Å². The van der Waals surface area contributed by atoms with E-state index in [0.29, 0.717) is 11.4 Å². The highest BCUT2D eigenvalue weighted by Crippen LogP contribution is 2.26. The summed E-state index contributed by atoms with van der Waals surface area (Å²) < 4.78 is 37.2. The molecule has 0 aromatic heterocycles. The number of sulfonamides is 1. The summed E-state index contributed by atoms with van der Waals surface area (Å²) >= 11 is 0. The van der Waals surface area contributed by atoms with Crippen molar-refractivity contribution < 1.29 is 17.9 Å². The Morgan fingerprint density at radius 1 is 0.958 bits per heavy atom. The molecule has 0 spiro atoms. The van der Waals surface area contributed by atoms with Crippen molar-refractivity contribution in [2.45, 2.75) is 19.4 Å². The molecule has 24 heavy (non-hydrogen) atoms. The first-order chi connectivity index (χ1) is 11.2. The summed E-state index contributed by atoms with van der Waals surface area (Å²) in [5, 5.41) is 0. The highest BCUT2D eigenvalue weighted by molar-refractivity contribution is 7.92. The SMILES string of the molecule is COC(C)(C)CS(=O)(=O)N(C)c1ccc(Oc2ccccc2)cc1. The number of ether oxygens (including phenoxy) is 2. The predicted molar refractivity (Wildman–Crippen MR) is 96.2 cm³/mol. The maximum Gasteiger partial charge on any atom is 0.237 e. The number of hydrogen-bond acceptors (Lipinski definition) is 4. The van der Waals surface area contributed by atoms with Gasteiger partial charge in [-0.15, -0.1) is 0 Å². The Kier molecular flexibility index (Phi) is 5.51. The van der Waals surface area contributed by atoms with Crippen LogP contribution in [0, 0.1) is 0 Å². The third-order valence-electron chi connectivity index (χ3n) is 3.68. The minimum absolute atomic E-state index is 0.102. The van der Waals surface area contributed by atoms with Gasteiger partial charge >= 0.3 is 0 Å². The van der Waals surface area contributed by atoms with Gasteiger partial charge in [0, 0.05) is 14.2 Å². The van der Waals surface area contributed by atoms with Gasteiger partial charge in [-0.25, -0.2) is 8.42 Å².